The molecule has 2 aromatic rings. The summed E-state index contributed by atoms with van der Waals surface area (Å²) in [7, 11) is 1.75. The number of hydrogen-bond donors (Lipinski definition) is 0. The van der Waals surface area contributed by atoms with E-state index < -0.39 is 0 Å². The number of methoxy groups -OCH3 is 1. The highest BCUT2D eigenvalue weighted by molar-refractivity contribution is 5.80. The average Bonchev–Trinajstić information content (AvgIpc) is 2.94. The van der Waals surface area contributed by atoms with Crippen LogP contribution in [0.5, 0.6) is 0 Å². The van der Waals surface area contributed by atoms with Crippen molar-refractivity contribution < 1.29 is 4.74 Å². The molecule has 0 aliphatic rings. The molecular weight excluding hydrogens is 272 g/mol. The second kappa shape index (κ2) is 8.74. The predicted molar refractivity (Wildman–Crippen MR) is 94.0 cm³/mol. The Morgan fingerprint density at radius 1 is 1.27 bits per heavy atom. The van der Waals surface area contributed by atoms with Gasteiger partial charge in [-0.3, -0.25) is 4.98 Å². The van der Waals surface area contributed by atoms with Crippen molar-refractivity contribution in [3.63, 3.8) is 0 Å². The summed E-state index contributed by atoms with van der Waals surface area (Å²) < 4.78 is 7.39. The zero-order valence-electron chi connectivity index (χ0n) is 14.0. The van der Waals surface area contributed by atoms with Gasteiger partial charge in [0.15, 0.2) is 0 Å². The molecule has 0 amide bonds. The van der Waals surface area contributed by atoms with Crippen molar-refractivity contribution in [3.8, 4) is 0 Å². The third-order valence-corrected chi connectivity index (χ3v) is 4.11. The molecule has 0 unspecified atom stereocenters. The van der Waals surface area contributed by atoms with E-state index in [4.69, 9.17) is 4.74 Å². The smallest absolute Gasteiger partial charge is 0.0881 e. The van der Waals surface area contributed by atoms with Gasteiger partial charge in [0.05, 0.1) is 11.0 Å². The van der Waals surface area contributed by atoms with Crippen molar-refractivity contribution in [1.29, 1.82) is 0 Å². The van der Waals surface area contributed by atoms with Crippen LogP contribution < -0.4 is 0 Å². The molecule has 0 aliphatic heterocycles. The Kier molecular flexibility index (Phi) is 6.66. The second-order valence-corrected chi connectivity index (χ2v) is 5.90. The van der Waals surface area contributed by atoms with Crippen molar-refractivity contribution in [2.24, 2.45) is 0 Å². The van der Waals surface area contributed by atoms with E-state index in [1.807, 2.05) is 6.20 Å². The lowest BCUT2D eigenvalue weighted by molar-refractivity contribution is 0.190. The number of aryl methyl sites for hydroxylation is 1. The van der Waals surface area contributed by atoms with Crippen molar-refractivity contribution in [2.75, 3.05) is 13.7 Å². The van der Waals surface area contributed by atoms with E-state index in [-0.39, 0.29) is 0 Å². The van der Waals surface area contributed by atoms with E-state index in [0.717, 1.165) is 31.5 Å². The van der Waals surface area contributed by atoms with Crippen molar-refractivity contribution >= 4 is 16.6 Å². The summed E-state index contributed by atoms with van der Waals surface area (Å²) in [6, 6.07) is 4.31. The monoisotopic (exact) mass is 300 g/mol. The fourth-order valence-corrected chi connectivity index (χ4v) is 2.74. The van der Waals surface area contributed by atoms with E-state index in [2.05, 4.69) is 41.4 Å². The normalized spacial score (nSPS) is 11.2. The standard InChI is InChI=1S/C19H28N2O/c1-4-5-6-7-9-16(2)17-14-19-18(20-15-17)10-12-21(19)11-8-13-22-3/h10,12,14-15H,2,4-9,11,13H2,1,3H3. The molecule has 0 saturated carbocycles. The zero-order valence-corrected chi connectivity index (χ0v) is 14.0. The number of hydrogen-bond acceptors (Lipinski definition) is 2. The Morgan fingerprint density at radius 2 is 2.14 bits per heavy atom. The maximum absolute atomic E-state index is 5.14. The van der Waals surface area contributed by atoms with Gasteiger partial charge >= 0.3 is 0 Å². The van der Waals surface area contributed by atoms with Crippen LogP contribution in [0.25, 0.3) is 16.6 Å². The molecule has 0 aromatic carbocycles. The third kappa shape index (κ3) is 4.44. The highest BCUT2D eigenvalue weighted by Gasteiger charge is 2.06. The molecule has 0 atom stereocenters. The predicted octanol–water partition coefficient (Wildman–Crippen LogP) is 5.06. The number of aromatic nitrogens is 2. The van der Waals surface area contributed by atoms with Gasteiger partial charge in [-0.05, 0) is 42.5 Å². The van der Waals surface area contributed by atoms with Gasteiger partial charge in [0.2, 0.25) is 0 Å². The van der Waals surface area contributed by atoms with Gasteiger partial charge in [0.1, 0.15) is 0 Å². The van der Waals surface area contributed by atoms with Gasteiger partial charge in [-0.1, -0.05) is 32.8 Å². The maximum atomic E-state index is 5.14. The lowest BCUT2D eigenvalue weighted by Crippen LogP contribution is -2.00. The van der Waals surface area contributed by atoms with Crippen LogP contribution in [-0.2, 0) is 11.3 Å². The van der Waals surface area contributed by atoms with Crippen LogP contribution in [0.2, 0.25) is 0 Å². The number of rotatable bonds is 10. The van der Waals surface area contributed by atoms with E-state index in [9.17, 15) is 0 Å². The van der Waals surface area contributed by atoms with Gasteiger partial charge in [0, 0.05) is 32.7 Å². The number of fused-ring (bicyclic) bond motifs is 1. The molecule has 0 spiro atoms. The quantitative estimate of drug-likeness (QED) is 0.574. The van der Waals surface area contributed by atoms with Gasteiger partial charge in [-0.2, -0.15) is 0 Å². The first kappa shape index (κ1) is 16.8. The molecule has 0 aliphatic carbocycles. The molecule has 0 saturated heterocycles. The number of unbranched alkanes of at least 4 members (excludes halogenated alkanes) is 3. The van der Waals surface area contributed by atoms with Crippen LogP contribution >= 0.6 is 0 Å². The SMILES string of the molecule is C=C(CCCCCC)c1cnc2ccn(CCCOC)c2c1. The van der Waals surface area contributed by atoms with Gasteiger partial charge in [-0.15, -0.1) is 0 Å². The fourth-order valence-electron chi connectivity index (χ4n) is 2.74. The first-order chi connectivity index (χ1) is 10.8. The highest BCUT2D eigenvalue weighted by atomic mass is 16.5. The molecular formula is C19H28N2O. The van der Waals surface area contributed by atoms with Gasteiger partial charge in [-0.25, -0.2) is 0 Å². The van der Waals surface area contributed by atoms with E-state index in [1.54, 1.807) is 7.11 Å². The molecule has 2 heterocycles. The lowest BCUT2D eigenvalue weighted by atomic mass is 10.0. The summed E-state index contributed by atoms with van der Waals surface area (Å²) in [6.07, 6.45) is 11.3. The minimum atomic E-state index is 0.789. The van der Waals surface area contributed by atoms with Crippen LogP contribution in [-0.4, -0.2) is 23.3 Å². The molecule has 3 heteroatoms. The molecule has 2 aromatic heterocycles. The third-order valence-electron chi connectivity index (χ3n) is 4.11. The van der Waals surface area contributed by atoms with Crippen LogP contribution in [0.15, 0.2) is 31.1 Å². The Balaban J connectivity index is 2.04. The van der Waals surface area contributed by atoms with Crippen molar-refractivity contribution in [1.82, 2.24) is 9.55 Å². The van der Waals surface area contributed by atoms with Crippen molar-refractivity contribution in [3.05, 3.63) is 36.7 Å². The maximum Gasteiger partial charge on any atom is 0.0881 e. The Hall–Kier alpha value is -1.61. The molecule has 120 valence electrons. The summed E-state index contributed by atoms with van der Waals surface area (Å²) in [4.78, 5) is 4.58. The molecule has 3 nitrogen and oxygen atoms in total. The fraction of sp³-hybridized carbons (Fsp3) is 0.526. The molecule has 2 rings (SSSR count). The zero-order chi connectivity index (χ0) is 15.8. The summed E-state index contributed by atoms with van der Waals surface area (Å²) >= 11 is 0. The van der Waals surface area contributed by atoms with Crippen LogP contribution in [0.3, 0.4) is 0 Å². The van der Waals surface area contributed by atoms with Gasteiger partial charge < -0.3 is 9.30 Å². The first-order valence-electron chi connectivity index (χ1n) is 8.38. The largest absolute Gasteiger partial charge is 0.385 e. The average molecular weight is 300 g/mol. The van der Waals surface area contributed by atoms with Crippen LogP contribution in [0.4, 0.5) is 0 Å². The first-order valence-corrected chi connectivity index (χ1v) is 8.38. The molecule has 0 N–H and O–H groups in total. The Bertz CT molecular complexity index is 601. The number of ether oxygens (including phenoxy) is 1. The van der Waals surface area contributed by atoms with Gasteiger partial charge in [0.25, 0.3) is 0 Å². The van der Waals surface area contributed by atoms with E-state index >= 15 is 0 Å². The highest BCUT2D eigenvalue weighted by Crippen LogP contribution is 2.23. The summed E-state index contributed by atoms with van der Waals surface area (Å²) in [6.45, 7) is 8.24. The number of nitrogens with zero attached hydrogens (tertiary/aromatic N) is 2. The summed E-state index contributed by atoms with van der Waals surface area (Å²) in [5, 5.41) is 0. The topological polar surface area (TPSA) is 27.1 Å². The Morgan fingerprint density at radius 3 is 2.91 bits per heavy atom. The van der Waals surface area contributed by atoms with Crippen molar-refractivity contribution in [2.45, 2.75) is 52.0 Å². The van der Waals surface area contributed by atoms with Crippen LogP contribution in [0, 0.1) is 0 Å². The minimum Gasteiger partial charge on any atom is -0.385 e. The molecule has 0 bridgehead atoms. The second-order valence-electron chi connectivity index (χ2n) is 5.90. The van der Waals surface area contributed by atoms with E-state index in [0.29, 0.717) is 0 Å². The molecule has 0 fully saturated rings. The minimum absolute atomic E-state index is 0.789. The summed E-state index contributed by atoms with van der Waals surface area (Å²) in [5.74, 6) is 0. The van der Waals surface area contributed by atoms with Crippen LogP contribution in [0.1, 0.15) is 51.0 Å². The lowest BCUT2D eigenvalue weighted by Gasteiger charge is -2.08. The summed E-state index contributed by atoms with van der Waals surface area (Å²) in [5.41, 5.74) is 4.63. The number of allylic oxidation sites excluding steroid dienone is 1. The number of pyridine rings is 1. The Labute approximate surface area is 134 Å². The molecule has 22 heavy (non-hydrogen) atoms. The van der Waals surface area contributed by atoms with E-state index in [1.165, 1.54) is 42.3 Å². The molecule has 0 radical (unpaired) electrons.